The zero-order valence-electron chi connectivity index (χ0n) is 18.7. The van der Waals surface area contributed by atoms with Crippen molar-refractivity contribution < 1.29 is 23.1 Å². The van der Waals surface area contributed by atoms with E-state index in [9.17, 15) is 18.7 Å². The Morgan fingerprint density at radius 1 is 0.941 bits per heavy atom. The van der Waals surface area contributed by atoms with Gasteiger partial charge in [-0.25, -0.2) is 13.8 Å². The van der Waals surface area contributed by atoms with Crippen molar-refractivity contribution in [1.29, 1.82) is 0 Å². The molecule has 34 heavy (non-hydrogen) atoms. The van der Waals surface area contributed by atoms with E-state index >= 15 is 0 Å². The summed E-state index contributed by atoms with van der Waals surface area (Å²) in [6, 6.07) is 16.6. The molecule has 0 saturated heterocycles. The van der Waals surface area contributed by atoms with Gasteiger partial charge in [-0.2, -0.15) is 0 Å². The molecule has 0 amide bonds. The average Bonchev–Trinajstić information content (AvgIpc) is 3.30. The van der Waals surface area contributed by atoms with Gasteiger partial charge in [0.1, 0.15) is 23.2 Å². The van der Waals surface area contributed by atoms with Crippen molar-refractivity contribution in [1.82, 2.24) is 9.97 Å². The lowest BCUT2D eigenvalue weighted by Gasteiger charge is -2.15. The van der Waals surface area contributed by atoms with Crippen LogP contribution in [0.15, 0.2) is 71.3 Å². The molecule has 0 fully saturated rings. The third-order valence-corrected chi connectivity index (χ3v) is 5.71. The molecule has 7 heteroatoms. The van der Waals surface area contributed by atoms with Crippen LogP contribution in [0.5, 0.6) is 0 Å². The van der Waals surface area contributed by atoms with Gasteiger partial charge in [-0.3, -0.25) is 9.78 Å². The number of hydrogen-bond donors (Lipinski definition) is 1. The van der Waals surface area contributed by atoms with Crippen LogP contribution in [0.1, 0.15) is 35.4 Å². The summed E-state index contributed by atoms with van der Waals surface area (Å²) in [4.78, 5) is 21.2. The number of aryl methyl sites for hydroxylation is 1. The van der Waals surface area contributed by atoms with Gasteiger partial charge in [0.25, 0.3) is 0 Å². The number of aliphatic carboxylic acids is 1. The molecular weight excluding hydrogens is 438 g/mol. The predicted octanol–water partition coefficient (Wildman–Crippen LogP) is 5.65. The van der Waals surface area contributed by atoms with Gasteiger partial charge in [0.15, 0.2) is 0 Å². The zero-order chi connectivity index (χ0) is 24.1. The highest BCUT2D eigenvalue weighted by molar-refractivity contribution is 5.70. The minimum absolute atomic E-state index is 0.0466. The number of rotatable bonds is 9. The summed E-state index contributed by atoms with van der Waals surface area (Å²) in [5.41, 5.74) is 1.94. The highest BCUT2D eigenvalue weighted by Gasteiger charge is 2.24. The molecule has 0 saturated carbocycles. The van der Waals surface area contributed by atoms with Crippen LogP contribution in [0, 0.1) is 17.6 Å². The molecule has 2 aromatic heterocycles. The number of hydrogen-bond acceptors (Lipinski definition) is 4. The standard InChI is InChI=1S/C27H24F2N2O3/c1-2-19-11-12-20(34-19)13-18(27(32)33)14-24-25(15-21-22(28)9-6-10-23(21)29)31-26(16-30-24)17-7-4-3-5-8-17/h3-12,16,18H,2,13-15H2,1H3,(H,32,33). The lowest BCUT2D eigenvalue weighted by Crippen LogP contribution is -2.21. The molecule has 2 heterocycles. The summed E-state index contributed by atoms with van der Waals surface area (Å²) in [6.45, 7) is 1.95. The van der Waals surface area contributed by atoms with Gasteiger partial charge < -0.3 is 9.52 Å². The third kappa shape index (κ3) is 5.36. The molecule has 0 bridgehead atoms. The van der Waals surface area contributed by atoms with E-state index in [1.165, 1.54) is 18.2 Å². The molecule has 0 spiro atoms. The first kappa shape index (κ1) is 23.3. The Hall–Kier alpha value is -3.87. The molecule has 0 aliphatic rings. The van der Waals surface area contributed by atoms with E-state index in [2.05, 4.69) is 9.97 Å². The van der Waals surface area contributed by atoms with Gasteiger partial charge in [-0.1, -0.05) is 43.3 Å². The molecule has 1 atom stereocenters. The maximum Gasteiger partial charge on any atom is 0.307 e. The second kappa shape index (κ2) is 10.4. The normalized spacial score (nSPS) is 12.0. The first-order chi connectivity index (χ1) is 16.4. The minimum Gasteiger partial charge on any atom is -0.481 e. The van der Waals surface area contributed by atoms with E-state index in [1.54, 1.807) is 12.3 Å². The van der Waals surface area contributed by atoms with Crippen LogP contribution in [0.2, 0.25) is 0 Å². The van der Waals surface area contributed by atoms with Crippen molar-refractivity contribution in [3.8, 4) is 11.3 Å². The van der Waals surface area contributed by atoms with Crippen molar-refractivity contribution in [3.63, 3.8) is 0 Å². The molecule has 0 radical (unpaired) electrons. The zero-order valence-corrected chi connectivity index (χ0v) is 18.7. The second-order valence-electron chi connectivity index (χ2n) is 8.06. The van der Waals surface area contributed by atoms with Crippen LogP contribution in [-0.2, 0) is 30.5 Å². The molecule has 4 aromatic rings. The number of aromatic nitrogens is 2. The number of nitrogens with zero attached hydrogens (tertiary/aromatic N) is 2. The van der Waals surface area contributed by atoms with Crippen LogP contribution < -0.4 is 0 Å². The van der Waals surface area contributed by atoms with Crippen LogP contribution in [0.3, 0.4) is 0 Å². The van der Waals surface area contributed by atoms with Crippen LogP contribution in [0.4, 0.5) is 8.78 Å². The predicted molar refractivity (Wildman–Crippen MR) is 123 cm³/mol. The van der Waals surface area contributed by atoms with E-state index in [4.69, 9.17) is 4.42 Å². The quantitative estimate of drug-likeness (QED) is 0.348. The van der Waals surface area contributed by atoms with Crippen LogP contribution in [-0.4, -0.2) is 21.0 Å². The van der Waals surface area contributed by atoms with Crippen LogP contribution >= 0.6 is 0 Å². The number of benzene rings is 2. The average molecular weight is 462 g/mol. The number of carboxylic acid groups (broad SMARTS) is 1. The minimum atomic E-state index is -1.01. The fraction of sp³-hybridized carbons (Fsp3) is 0.222. The van der Waals surface area contributed by atoms with Crippen molar-refractivity contribution in [2.75, 3.05) is 0 Å². The molecule has 174 valence electrons. The smallest absolute Gasteiger partial charge is 0.307 e. The topological polar surface area (TPSA) is 76.2 Å². The summed E-state index contributed by atoms with van der Waals surface area (Å²) in [5.74, 6) is -1.87. The Bertz CT molecular complexity index is 1270. The van der Waals surface area contributed by atoms with E-state index in [0.717, 1.165) is 11.3 Å². The number of furan rings is 1. The highest BCUT2D eigenvalue weighted by atomic mass is 19.1. The number of carbonyl (C=O) groups is 1. The first-order valence-electron chi connectivity index (χ1n) is 11.1. The van der Waals surface area contributed by atoms with Crippen molar-refractivity contribution >= 4 is 5.97 Å². The van der Waals surface area contributed by atoms with Gasteiger partial charge in [0, 0.05) is 36.8 Å². The molecule has 5 nitrogen and oxygen atoms in total. The SMILES string of the molecule is CCc1ccc(CC(Cc2ncc(-c3ccccc3)nc2Cc2c(F)cccc2F)C(=O)O)o1. The van der Waals surface area contributed by atoms with Gasteiger partial charge in [0.2, 0.25) is 0 Å². The fourth-order valence-electron chi connectivity index (χ4n) is 3.83. The Morgan fingerprint density at radius 2 is 1.65 bits per heavy atom. The van der Waals surface area contributed by atoms with Gasteiger partial charge in [-0.15, -0.1) is 0 Å². The largest absolute Gasteiger partial charge is 0.481 e. The lowest BCUT2D eigenvalue weighted by atomic mass is 9.95. The summed E-state index contributed by atoms with van der Waals surface area (Å²) < 4.78 is 34.5. The molecule has 1 N–H and O–H groups in total. The summed E-state index contributed by atoms with van der Waals surface area (Å²) in [5, 5.41) is 9.85. The molecule has 0 aliphatic heterocycles. The lowest BCUT2D eigenvalue weighted by molar-refractivity contribution is -0.141. The Morgan fingerprint density at radius 3 is 2.29 bits per heavy atom. The maximum absolute atomic E-state index is 14.4. The highest BCUT2D eigenvalue weighted by Crippen LogP contribution is 2.24. The molecule has 2 aromatic carbocycles. The Balaban J connectivity index is 1.70. The van der Waals surface area contributed by atoms with Gasteiger partial charge in [0.05, 0.1) is 29.2 Å². The summed E-state index contributed by atoms with van der Waals surface area (Å²) in [7, 11) is 0. The number of halogens is 2. The fourth-order valence-corrected chi connectivity index (χ4v) is 3.83. The van der Waals surface area contributed by atoms with E-state index in [1.807, 2.05) is 43.3 Å². The van der Waals surface area contributed by atoms with Crippen molar-refractivity contribution in [3.05, 3.63) is 107 Å². The van der Waals surface area contributed by atoms with Gasteiger partial charge in [-0.05, 0) is 24.3 Å². The number of carboxylic acids is 1. The van der Waals surface area contributed by atoms with E-state index in [0.29, 0.717) is 29.3 Å². The second-order valence-corrected chi connectivity index (χ2v) is 8.06. The van der Waals surface area contributed by atoms with Crippen molar-refractivity contribution in [2.45, 2.75) is 32.6 Å². The molecule has 0 aliphatic carbocycles. The Kier molecular flexibility index (Phi) is 7.11. The van der Waals surface area contributed by atoms with E-state index in [-0.39, 0.29) is 24.8 Å². The van der Waals surface area contributed by atoms with Gasteiger partial charge >= 0.3 is 5.97 Å². The Labute approximate surface area is 196 Å². The molecule has 1 unspecified atom stereocenters. The van der Waals surface area contributed by atoms with Crippen molar-refractivity contribution in [2.24, 2.45) is 5.92 Å². The third-order valence-electron chi connectivity index (χ3n) is 5.71. The first-order valence-corrected chi connectivity index (χ1v) is 11.1. The summed E-state index contributed by atoms with van der Waals surface area (Å²) in [6.07, 6.45) is 2.35. The molecule has 4 rings (SSSR count). The van der Waals surface area contributed by atoms with Crippen LogP contribution in [0.25, 0.3) is 11.3 Å². The maximum atomic E-state index is 14.4. The van der Waals surface area contributed by atoms with E-state index < -0.39 is 23.5 Å². The summed E-state index contributed by atoms with van der Waals surface area (Å²) >= 11 is 0. The molecular formula is C27H24F2N2O3. The monoisotopic (exact) mass is 462 g/mol.